The van der Waals surface area contributed by atoms with Crippen molar-refractivity contribution in [2.75, 3.05) is 5.32 Å². The maximum atomic E-state index is 14.0. The molecule has 1 aromatic carbocycles. The molecule has 3 rings (SSSR count). The molecule has 2 heterocycles. The van der Waals surface area contributed by atoms with Gasteiger partial charge in [0.1, 0.15) is 11.9 Å². The summed E-state index contributed by atoms with van der Waals surface area (Å²) in [7, 11) is 0. The quantitative estimate of drug-likeness (QED) is 0.186. The molecule has 14 heteroatoms. The Morgan fingerprint density at radius 1 is 1.00 bits per heavy atom. The number of aryl methyl sites for hydroxylation is 2. The number of benzene rings is 1. The highest BCUT2D eigenvalue weighted by atomic mass is 19.2. The van der Waals surface area contributed by atoms with Crippen molar-refractivity contribution in [1.82, 2.24) is 19.6 Å². The first-order valence-electron chi connectivity index (χ1n) is 9.45. The van der Waals surface area contributed by atoms with Crippen LogP contribution in [0.4, 0.5) is 33.3 Å². The lowest BCUT2D eigenvalue weighted by molar-refractivity contribution is -0.385. The molecule has 2 aromatic heterocycles. The average molecular weight is 472 g/mol. The van der Waals surface area contributed by atoms with Gasteiger partial charge >= 0.3 is 5.69 Å². The summed E-state index contributed by atoms with van der Waals surface area (Å²) in [6, 6.07) is 0. The number of anilines is 1. The van der Waals surface area contributed by atoms with E-state index < -0.39 is 52.0 Å². The first kappa shape index (κ1) is 23.8. The summed E-state index contributed by atoms with van der Waals surface area (Å²) < 4.78 is 70.5. The average Bonchev–Trinajstić information content (AvgIpc) is 3.26. The fourth-order valence-corrected chi connectivity index (χ4v) is 3.22. The Morgan fingerprint density at radius 3 is 2.12 bits per heavy atom. The maximum Gasteiger partial charge on any atom is 0.309 e. The molecule has 0 aliphatic heterocycles. The summed E-state index contributed by atoms with van der Waals surface area (Å²) in [5.41, 5.74) is -0.309. The second kappa shape index (κ2) is 8.96. The monoisotopic (exact) mass is 472 g/mol. The SMILES string of the molecule is Cc1nn(Cc2c(F)c(F)c(F)c(F)c2F)c(C)c1NC(=O)CCn1ncc([N+](=O)[O-])c1C. The van der Waals surface area contributed by atoms with Crippen molar-refractivity contribution in [1.29, 1.82) is 0 Å². The van der Waals surface area contributed by atoms with Gasteiger partial charge in [-0.2, -0.15) is 10.2 Å². The van der Waals surface area contributed by atoms with Gasteiger partial charge in [-0.25, -0.2) is 22.0 Å². The Balaban J connectivity index is 1.76. The molecule has 0 fully saturated rings. The van der Waals surface area contributed by atoms with E-state index in [1.165, 1.54) is 25.5 Å². The van der Waals surface area contributed by atoms with Crippen LogP contribution in [0.2, 0.25) is 0 Å². The summed E-state index contributed by atoms with van der Waals surface area (Å²) in [6.07, 6.45) is 0.965. The second-order valence-electron chi connectivity index (χ2n) is 7.15. The van der Waals surface area contributed by atoms with Crippen molar-refractivity contribution in [3.05, 3.63) is 68.0 Å². The van der Waals surface area contributed by atoms with Gasteiger partial charge in [0, 0.05) is 6.42 Å². The Hall–Kier alpha value is -3.84. The number of aromatic nitrogens is 4. The molecule has 0 aliphatic carbocycles. The molecule has 0 aliphatic rings. The van der Waals surface area contributed by atoms with Crippen LogP contribution < -0.4 is 5.32 Å². The van der Waals surface area contributed by atoms with E-state index in [1.54, 1.807) is 0 Å². The highest BCUT2D eigenvalue weighted by Crippen LogP contribution is 2.26. The summed E-state index contributed by atoms with van der Waals surface area (Å²) in [4.78, 5) is 22.6. The standard InChI is InChI=1S/C19H17F5N6O3/c1-8-19(26-13(31)4-5-28-9(2)12(6-25-28)30(32)33)10(3)29(27-8)7-11-14(20)16(22)18(24)17(23)15(11)21/h6H,4-5,7H2,1-3H3,(H,26,31). The van der Waals surface area contributed by atoms with Crippen LogP contribution in [0.5, 0.6) is 0 Å². The number of hydrogen-bond acceptors (Lipinski definition) is 5. The minimum atomic E-state index is -2.26. The minimum absolute atomic E-state index is 0.0439. The summed E-state index contributed by atoms with van der Waals surface area (Å²) in [5.74, 6) is -10.8. The van der Waals surface area contributed by atoms with Crippen LogP contribution in [0, 0.1) is 60.0 Å². The zero-order valence-electron chi connectivity index (χ0n) is 17.5. The van der Waals surface area contributed by atoms with Gasteiger partial charge in [-0.05, 0) is 20.8 Å². The molecule has 0 saturated carbocycles. The molecule has 0 atom stereocenters. The van der Waals surface area contributed by atoms with Crippen LogP contribution in [-0.4, -0.2) is 30.4 Å². The number of amides is 1. The van der Waals surface area contributed by atoms with Crippen LogP contribution >= 0.6 is 0 Å². The fourth-order valence-electron chi connectivity index (χ4n) is 3.22. The maximum absolute atomic E-state index is 14.0. The molecule has 1 amide bonds. The van der Waals surface area contributed by atoms with E-state index in [9.17, 15) is 36.9 Å². The van der Waals surface area contributed by atoms with Gasteiger partial charge in [-0.3, -0.25) is 24.3 Å². The molecule has 0 bridgehead atoms. The predicted molar refractivity (Wildman–Crippen MR) is 104 cm³/mol. The molecule has 33 heavy (non-hydrogen) atoms. The minimum Gasteiger partial charge on any atom is -0.323 e. The van der Waals surface area contributed by atoms with Crippen molar-refractivity contribution < 1.29 is 31.7 Å². The Bertz CT molecular complexity index is 1240. The normalized spacial score (nSPS) is 11.2. The number of hydrogen-bond donors (Lipinski definition) is 1. The zero-order chi connectivity index (χ0) is 24.6. The first-order valence-corrected chi connectivity index (χ1v) is 9.45. The highest BCUT2D eigenvalue weighted by Gasteiger charge is 2.27. The Morgan fingerprint density at radius 2 is 1.58 bits per heavy atom. The van der Waals surface area contributed by atoms with Crippen LogP contribution in [0.15, 0.2) is 6.20 Å². The number of carbonyl (C=O) groups is 1. The van der Waals surface area contributed by atoms with Crippen LogP contribution in [-0.2, 0) is 17.9 Å². The van der Waals surface area contributed by atoms with E-state index in [4.69, 9.17) is 0 Å². The van der Waals surface area contributed by atoms with E-state index in [-0.39, 0.29) is 41.4 Å². The van der Waals surface area contributed by atoms with Gasteiger partial charge in [0.25, 0.3) is 0 Å². The molecule has 176 valence electrons. The molecule has 9 nitrogen and oxygen atoms in total. The topological polar surface area (TPSA) is 108 Å². The molecule has 0 saturated heterocycles. The fraction of sp³-hybridized carbons (Fsp3) is 0.316. The number of carbonyl (C=O) groups excluding carboxylic acids is 1. The van der Waals surface area contributed by atoms with Crippen molar-refractivity contribution in [3.63, 3.8) is 0 Å². The number of nitrogens with zero attached hydrogens (tertiary/aromatic N) is 5. The van der Waals surface area contributed by atoms with Crippen LogP contribution in [0.3, 0.4) is 0 Å². The van der Waals surface area contributed by atoms with Gasteiger partial charge in [-0.1, -0.05) is 0 Å². The van der Waals surface area contributed by atoms with Crippen LogP contribution in [0.1, 0.15) is 29.1 Å². The van der Waals surface area contributed by atoms with Gasteiger partial charge in [0.15, 0.2) is 23.3 Å². The largest absolute Gasteiger partial charge is 0.323 e. The van der Waals surface area contributed by atoms with E-state index in [0.29, 0.717) is 0 Å². The molecular formula is C19H17F5N6O3. The van der Waals surface area contributed by atoms with Crippen molar-refractivity contribution >= 4 is 17.3 Å². The lowest BCUT2D eigenvalue weighted by Crippen LogP contribution is -2.17. The third-order valence-electron chi connectivity index (χ3n) is 5.08. The molecule has 1 N–H and O–H groups in total. The zero-order valence-corrected chi connectivity index (χ0v) is 17.5. The molecule has 0 radical (unpaired) electrons. The van der Waals surface area contributed by atoms with E-state index in [0.717, 1.165) is 10.9 Å². The second-order valence-corrected chi connectivity index (χ2v) is 7.15. The van der Waals surface area contributed by atoms with E-state index in [1.807, 2.05) is 0 Å². The van der Waals surface area contributed by atoms with Gasteiger partial charge in [0.2, 0.25) is 11.7 Å². The third-order valence-corrected chi connectivity index (χ3v) is 5.08. The Kier molecular flexibility index (Phi) is 6.46. The van der Waals surface area contributed by atoms with Gasteiger partial charge in [0.05, 0.1) is 40.7 Å². The summed E-state index contributed by atoms with van der Waals surface area (Å²) in [6.45, 7) is 3.70. The summed E-state index contributed by atoms with van der Waals surface area (Å²) in [5, 5.41) is 21.3. The third kappa shape index (κ3) is 4.40. The van der Waals surface area contributed by atoms with Crippen molar-refractivity contribution in [2.24, 2.45) is 0 Å². The molecule has 0 spiro atoms. The lowest BCUT2D eigenvalue weighted by Gasteiger charge is -2.10. The Labute approximate surface area is 183 Å². The molecule has 3 aromatic rings. The summed E-state index contributed by atoms with van der Waals surface area (Å²) >= 11 is 0. The van der Waals surface area contributed by atoms with E-state index >= 15 is 0 Å². The van der Waals surface area contributed by atoms with Gasteiger partial charge in [-0.15, -0.1) is 0 Å². The number of nitrogens with one attached hydrogen (secondary N) is 1. The predicted octanol–water partition coefficient (Wildman–Crippen LogP) is 3.69. The van der Waals surface area contributed by atoms with Crippen molar-refractivity contribution in [3.8, 4) is 0 Å². The number of rotatable bonds is 7. The van der Waals surface area contributed by atoms with Crippen LogP contribution in [0.25, 0.3) is 0 Å². The lowest BCUT2D eigenvalue weighted by atomic mass is 10.1. The highest BCUT2D eigenvalue weighted by molar-refractivity contribution is 5.91. The smallest absolute Gasteiger partial charge is 0.309 e. The first-order chi connectivity index (χ1) is 15.4. The number of halogens is 5. The molecular weight excluding hydrogens is 455 g/mol. The van der Waals surface area contributed by atoms with E-state index in [2.05, 4.69) is 15.5 Å². The number of nitro groups is 1. The molecule has 0 unspecified atom stereocenters. The van der Waals surface area contributed by atoms with Crippen molar-refractivity contribution in [2.45, 2.75) is 40.3 Å². The van der Waals surface area contributed by atoms with Gasteiger partial charge < -0.3 is 5.32 Å².